The second-order valence-electron chi connectivity index (χ2n) is 6.80. The lowest BCUT2D eigenvalue weighted by molar-refractivity contribution is -0.141. The van der Waals surface area contributed by atoms with Gasteiger partial charge in [0.1, 0.15) is 18.1 Å². The molecule has 2 aliphatic heterocycles. The summed E-state index contributed by atoms with van der Waals surface area (Å²) in [5, 5.41) is 15.0. The number of nitrogens with one attached hydrogen (secondary N) is 3. The molecular weight excluding hydrogens is 356 g/mol. The van der Waals surface area contributed by atoms with Crippen molar-refractivity contribution >= 4 is 23.6 Å². The maximum atomic E-state index is 13.0. The van der Waals surface area contributed by atoms with Crippen LogP contribution in [0.3, 0.4) is 0 Å². The molecule has 0 bridgehead atoms. The summed E-state index contributed by atoms with van der Waals surface area (Å²) in [5.41, 5.74) is 5.96. The van der Waals surface area contributed by atoms with Crippen LogP contribution < -0.4 is 16.4 Å². The van der Waals surface area contributed by atoms with Gasteiger partial charge in [-0.2, -0.15) is 0 Å². The van der Waals surface area contributed by atoms with Crippen LogP contribution in [0.15, 0.2) is 12.5 Å². The largest absolute Gasteiger partial charge is 0.391 e. The topological polar surface area (TPSA) is 171 Å². The first-order valence-electron chi connectivity index (χ1n) is 8.70. The van der Waals surface area contributed by atoms with Crippen LogP contribution in [-0.2, 0) is 25.6 Å². The molecule has 4 atom stereocenters. The van der Waals surface area contributed by atoms with E-state index in [0.717, 1.165) is 0 Å². The van der Waals surface area contributed by atoms with E-state index in [1.807, 2.05) is 0 Å². The number of aromatic nitrogens is 2. The van der Waals surface area contributed by atoms with Gasteiger partial charge in [0.25, 0.3) is 0 Å². The zero-order valence-corrected chi connectivity index (χ0v) is 14.6. The first kappa shape index (κ1) is 18.8. The predicted molar refractivity (Wildman–Crippen MR) is 90.7 cm³/mol. The SMILES string of the molecule is NC(=O)[C@@H]1C[C@H](O)CN1C(=O)[C@@H](Cc1cnc[nH]1)NC(=O)[C@@H]1CCC(=O)N1. The molecule has 0 radical (unpaired) electrons. The van der Waals surface area contributed by atoms with Crippen LogP contribution in [0, 0.1) is 0 Å². The van der Waals surface area contributed by atoms with Crippen molar-refractivity contribution in [3.63, 3.8) is 0 Å². The molecule has 0 saturated carbocycles. The molecule has 0 aliphatic carbocycles. The number of nitrogens with zero attached hydrogens (tertiary/aromatic N) is 2. The van der Waals surface area contributed by atoms with E-state index in [4.69, 9.17) is 5.73 Å². The maximum absolute atomic E-state index is 13.0. The maximum Gasteiger partial charge on any atom is 0.246 e. The number of rotatable bonds is 6. The molecule has 3 rings (SSSR count). The first-order chi connectivity index (χ1) is 12.8. The van der Waals surface area contributed by atoms with Gasteiger partial charge >= 0.3 is 0 Å². The van der Waals surface area contributed by atoms with Gasteiger partial charge in [-0.3, -0.25) is 19.2 Å². The lowest BCUT2D eigenvalue weighted by Crippen LogP contribution is -2.56. The summed E-state index contributed by atoms with van der Waals surface area (Å²) in [6.45, 7) is -0.0397. The average molecular weight is 378 g/mol. The summed E-state index contributed by atoms with van der Waals surface area (Å²) in [6.07, 6.45) is 2.88. The summed E-state index contributed by atoms with van der Waals surface area (Å²) in [7, 11) is 0. The number of amides is 4. The Bertz CT molecular complexity index is 736. The highest BCUT2D eigenvalue weighted by molar-refractivity contribution is 5.95. The second kappa shape index (κ2) is 7.74. The molecule has 2 aliphatic rings. The number of carbonyl (C=O) groups is 4. The molecule has 2 fully saturated rings. The van der Waals surface area contributed by atoms with Crippen molar-refractivity contribution in [1.29, 1.82) is 0 Å². The number of primary amides is 1. The molecule has 0 spiro atoms. The van der Waals surface area contributed by atoms with Gasteiger partial charge in [0.05, 0.1) is 12.4 Å². The Morgan fingerprint density at radius 2 is 2.22 bits per heavy atom. The Morgan fingerprint density at radius 1 is 1.44 bits per heavy atom. The quantitative estimate of drug-likeness (QED) is 0.357. The second-order valence-corrected chi connectivity index (χ2v) is 6.80. The number of β-amino-alcohol motifs (C(OH)–C–C–N with tert-alkyl or cyclic N) is 1. The van der Waals surface area contributed by atoms with Crippen LogP contribution >= 0.6 is 0 Å². The minimum absolute atomic E-state index is 0.0397. The van der Waals surface area contributed by atoms with E-state index in [0.29, 0.717) is 12.1 Å². The zero-order chi connectivity index (χ0) is 19.6. The van der Waals surface area contributed by atoms with Crippen LogP contribution in [0.1, 0.15) is 25.0 Å². The number of imidazole rings is 1. The summed E-state index contributed by atoms with van der Waals surface area (Å²) >= 11 is 0. The summed E-state index contributed by atoms with van der Waals surface area (Å²) in [4.78, 5) is 56.4. The van der Waals surface area contributed by atoms with Crippen molar-refractivity contribution in [2.24, 2.45) is 5.73 Å². The number of H-pyrrole nitrogens is 1. The lowest BCUT2D eigenvalue weighted by atomic mass is 10.1. The van der Waals surface area contributed by atoms with Gasteiger partial charge in [-0.25, -0.2) is 4.98 Å². The number of likely N-dealkylation sites (tertiary alicyclic amines) is 1. The van der Waals surface area contributed by atoms with Gasteiger partial charge in [-0.1, -0.05) is 0 Å². The van der Waals surface area contributed by atoms with Crippen molar-refractivity contribution in [2.75, 3.05) is 6.54 Å². The molecule has 3 heterocycles. The fourth-order valence-corrected chi connectivity index (χ4v) is 3.43. The summed E-state index contributed by atoms with van der Waals surface area (Å²) in [6, 6.07) is -2.63. The van der Waals surface area contributed by atoms with E-state index < -0.39 is 42.0 Å². The standard InChI is InChI=1S/C16H22N6O5/c17-14(25)12-4-9(23)6-22(12)16(27)11(3-8-5-18-7-19-8)21-15(26)10-1-2-13(24)20-10/h5,7,9-12,23H,1-4,6H2,(H2,17,25)(H,18,19)(H,20,24)(H,21,26)/t9-,10-,11+,12-/m0/s1. The number of hydrogen-bond acceptors (Lipinski definition) is 6. The number of aliphatic hydroxyl groups excluding tert-OH is 1. The number of aliphatic hydroxyl groups is 1. The van der Waals surface area contributed by atoms with Crippen molar-refractivity contribution in [3.8, 4) is 0 Å². The zero-order valence-electron chi connectivity index (χ0n) is 14.6. The normalized spacial score (nSPS) is 25.9. The van der Waals surface area contributed by atoms with E-state index in [-0.39, 0.29) is 31.7 Å². The molecule has 0 unspecified atom stereocenters. The van der Waals surface area contributed by atoms with Gasteiger partial charge in [0.15, 0.2) is 0 Å². The fraction of sp³-hybridized carbons (Fsp3) is 0.562. The smallest absolute Gasteiger partial charge is 0.246 e. The summed E-state index contributed by atoms with van der Waals surface area (Å²) in [5.74, 6) is -1.94. The van der Waals surface area contributed by atoms with E-state index in [1.165, 1.54) is 17.4 Å². The molecule has 0 aromatic carbocycles. The Balaban J connectivity index is 1.76. The number of hydrogen-bond donors (Lipinski definition) is 5. The molecule has 1 aromatic rings. The molecule has 4 amide bonds. The lowest BCUT2D eigenvalue weighted by Gasteiger charge is -2.28. The molecule has 11 heteroatoms. The third-order valence-electron chi connectivity index (χ3n) is 4.80. The van der Waals surface area contributed by atoms with E-state index >= 15 is 0 Å². The van der Waals surface area contributed by atoms with Gasteiger partial charge in [0.2, 0.25) is 23.6 Å². The Hall–Kier alpha value is -2.95. The van der Waals surface area contributed by atoms with Crippen molar-refractivity contribution in [1.82, 2.24) is 25.5 Å². The third kappa shape index (κ3) is 4.25. The average Bonchev–Trinajstić information content (AvgIpc) is 3.34. The van der Waals surface area contributed by atoms with Gasteiger partial charge in [0, 0.05) is 37.7 Å². The van der Waals surface area contributed by atoms with Gasteiger partial charge in [-0.15, -0.1) is 0 Å². The van der Waals surface area contributed by atoms with E-state index in [2.05, 4.69) is 20.6 Å². The molecule has 2 saturated heterocycles. The van der Waals surface area contributed by atoms with Crippen LogP contribution in [-0.4, -0.2) is 74.4 Å². The first-order valence-corrected chi connectivity index (χ1v) is 8.70. The monoisotopic (exact) mass is 378 g/mol. The Kier molecular flexibility index (Phi) is 5.40. The summed E-state index contributed by atoms with van der Waals surface area (Å²) < 4.78 is 0. The number of aromatic amines is 1. The van der Waals surface area contributed by atoms with Crippen LogP contribution in [0.25, 0.3) is 0 Å². The highest BCUT2D eigenvalue weighted by Gasteiger charge is 2.41. The minimum atomic E-state index is -0.998. The Morgan fingerprint density at radius 3 is 2.81 bits per heavy atom. The fourth-order valence-electron chi connectivity index (χ4n) is 3.43. The highest BCUT2D eigenvalue weighted by Crippen LogP contribution is 2.20. The molecule has 11 nitrogen and oxygen atoms in total. The predicted octanol–water partition coefficient (Wildman–Crippen LogP) is -2.84. The van der Waals surface area contributed by atoms with E-state index in [1.54, 1.807) is 0 Å². The highest BCUT2D eigenvalue weighted by atomic mass is 16.3. The minimum Gasteiger partial charge on any atom is -0.391 e. The molecule has 146 valence electrons. The van der Waals surface area contributed by atoms with Gasteiger partial charge < -0.3 is 31.4 Å². The van der Waals surface area contributed by atoms with Crippen molar-refractivity contribution in [2.45, 2.75) is 49.9 Å². The molecule has 27 heavy (non-hydrogen) atoms. The number of nitrogens with two attached hydrogens (primary N) is 1. The van der Waals surface area contributed by atoms with Gasteiger partial charge in [-0.05, 0) is 6.42 Å². The van der Waals surface area contributed by atoms with Crippen LogP contribution in [0.4, 0.5) is 0 Å². The molecule has 1 aromatic heterocycles. The number of carbonyl (C=O) groups excluding carboxylic acids is 4. The van der Waals surface area contributed by atoms with E-state index in [9.17, 15) is 24.3 Å². The van der Waals surface area contributed by atoms with Crippen molar-refractivity contribution in [3.05, 3.63) is 18.2 Å². The van der Waals surface area contributed by atoms with Crippen LogP contribution in [0.5, 0.6) is 0 Å². The molecular formula is C16H22N6O5. The molecule has 6 N–H and O–H groups in total. The Labute approximate surface area is 154 Å². The van der Waals surface area contributed by atoms with Crippen molar-refractivity contribution < 1.29 is 24.3 Å². The van der Waals surface area contributed by atoms with Crippen LogP contribution in [0.2, 0.25) is 0 Å². The third-order valence-corrected chi connectivity index (χ3v) is 4.80.